The summed E-state index contributed by atoms with van der Waals surface area (Å²) in [7, 11) is 0. The Morgan fingerprint density at radius 2 is 1.90 bits per heavy atom. The van der Waals surface area contributed by atoms with Gasteiger partial charge in [-0.3, -0.25) is 0 Å². The van der Waals surface area contributed by atoms with E-state index in [4.69, 9.17) is 4.74 Å². The van der Waals surface area contributed by atoms with E-state index in [0.29, 0.717) is 0 Å². The Morgan fingerprint density at radius 1 is 1.00 bits per heavy atom. The topological polar surface area (TPSA) is 12.5 Å². The Hall–Kier alpha value is -2.48. The van der Waals surface area contributed by atoms with Crippen LogP contribution >= 0.6 is 0 Å². The molecule has 2 nitrogen and oxygen atoms in total. The molecule has 0 aliphatic carbocycles. The van der Waals surface area contributed by atoms with Crippen LogP contribution in [0.25, 0.3) is 23.5 Å². The summed E-state index contributed by atoms with van der Waals surface area (Å²) in [5, 5.41) is 2.43. The Morgan fingerprint density at radius 3 is 2.81 bits per heavy atom. The fourth-order valence-electron chi connectivity index (χ4n) is 3.09. The van der Waals surface area contributed by atoms with Crippen LogP contribution in [0.3, 0.4) is 0 Å². The maximum Gasteiger partial charge on any atom is 0.134 e. The van der Waals surface area contributed by atoms with Gasteiger partial charge < -0.3 is 9.64 Å². The smallest absolute Gasteiger partial charge is 0.134 e. The first-order valence-electron chi connectivity index (χ1n) is 7.43. The van der Waals surface area contributed by atoms with E-state index in [1.54, 1.807) is 0 Å². The predicted molar refractivity (Wildman–Crippen MR) is 87.5 cm³/mol. The van der Waals surface area contributed by atoms with E-state index in [-0.39, 0.29) is 0 Å². The third kappa shape index (κ3) is 1.87. The SMILES string of the molecule is CCCN1C=CC=c2c1ccc1c2=COc2ccccc2-1. The lowest BCUT2D eigenvalue weighted by Gasteiger charge is -2.25. The van der Waals surface area contributed by atoms with Crippen LogP contribution in [0.5, 0.6) is 5.75 Å². The van der Waals surface area contributed by atoms with Gasteiger partial charge in [0.25, 0.3) is 0 Å². The fourth-order valence-corrected chi connectivity index (χ4v) is 3.09. The van der Waals surface area contributed by atoms with E-state index in [1.165, 1.54) is 27.3 Å². The van der Waals surface area contributed by atoms with Gasteiger partial charge in [-0.05, 0) is 30.2 Å². The zero-order valence-electron chi connectivity index (χ0n) is 12.0. The molecule has 4 rings (SSSR count). The van der Waals surface area contributed by atoms with E-state index in [1.807, 2.05) is 18.4 Å². The second-order valence-electron chi connectivity index (χ2n) is 5.39. The molecular formula is C19H17NO. The molecule has 0 fully saturated rings. The molecule has 0 saturated carbocycles. The van der Waals surface area contributed by atoms with E-state index in [0.717, 1.165) is 18.7 Å². The molecule has 2 heteroatoms. The molecule has 0 N–H and O–H groups in total. The number of rotatable bonds is 2. The second kappa shape index (κ2) is 4.81. The number of hydrogen-bond donors (Lipinski definition) is 0. The van der Waals surface area contributed by atoms with Crippen molar-refractivity contribution < 1.29 is 4.74 Å². The van der Waals surface area contributed by atoms with Gasteiger partial charge in [0.15, 0.2) is 0 Å². The minimum atomic E-state index is 0.932. The van der Waals surface area contributed by atoms with Gasteiger partial charge in [0.05, 0.1) is 6.26 Å². The van der Waals surface area contributed by atoms with Crippen molar-refractivity contribution in [1.82, 2.24) is 0 Å². The van der Waals surface area contributed by atoms with Crippen molar-refractivity contribution in [3.8, 4) is 16.9 Å². The van der Waals surface area contributed by atoms with Crippen LogP contribution in [0.4, 0.5) is 5.69 Å². The maximum absolute atomic E-state index is 5.82. The first kappa shape index (κ1) is 12.3. The summed E-state index contributed by atoms with van der Waals surface area (Å²) in [6.07, 6.45) is 9.46. The van der Waals surface area contributed by atoms with Gasteiger partial charge in [-0.25, -0.2) is 0 Å². The van der Waals surface area contributed by atoms with Gasteiger partial charge in [-0.1, -0.05) is 37.3 Å². The molecule has 0 radical (unpaired) electrons. The van der Waals surface area contributed by atoms with Crippen LogP contribution in [0, 0.1) is 0 Å². The summed E-state index contributed by atoms with van der Waals surface area (Å²) in [6, 6.07) is 12.6. The van der Waals surface area contributed by atoms with Crippen molar-refractivity contribution in [2.45, 2.75) is 13.3 Å². The van der Waals surface area contributed by atoms with Crippen molar-refractivity contribution >= 4 is 18.0 Å². The maximum atomic E-state index is 5.82. The fraction of sp³-hybridized carbons (Fsp3) is 0.158. The summed E-state index contributed by atoms with van der Waals surface area (Å²) in [5.41, 5.74) is 3.68. The van der Waals surface area contributed by atoms with Gasteiger partial charge >= 0.3 is 0 Å². The summed E-state index contributed by atoms with van der Waals surface area (Å²) in [6.45, 7) is 3.24. The molecule has 2 aliphatic heterocycles. The number of anilines is 1. The van der Waals surface area contributed by atoms with E-state index in [9.17, 15) is 0 Å². The number of allylic oxidation sites excluding steroid dienone is 1. The van der Waals surface area contributed by atoms with Crippen molar-refractivity contribution in [3.63, 3.8) is 0 Å². The number of fused-ring (bicyclic) bond motifs is 5. The van der Waals surface area contributed by atoms with Crippen molar-refractivity contribution in [1.29, 1.82) is 0 Å². The lowest BCUT2D eigenvalue weighted by atomic mass is 9.98. The number of ether oxygens (including phenoxy) is 1. The molecule has 2 aromatic carbocycles. The van der Waals surface area contributed by atoms with Gasteiger partial charge in [-0.2, -0.15) is 0 Å². The Labute approximate surface area is 124 Å². The quantitative estimate of drug-likeness (QED) is 0.835. The molecule has 2 aliphatic rings. The number of hydrogen-bond acceptors (Lipinski definition) is 2. The van der Waals surface area contributed by atoms with Crippen molar-refractivity contribution in [3.05, 3.63) is 59.1 Å². The highest BCUT2D eigenvalue weighted by Crippen LogP contribution is 2.30. The van der Waals surface area contributed by atoms with Crippen LogP contribution in [0.15, 0.2) is 48.7 Å². The van der Waals surface area contributed by atoms with Crippen LogP contribution in [-0.4, -0.2) is 6.54 Å². The molecule has 0 saturated heterocycles. The van der Waals surface area contributed by atoms with Gasteiger partial charge in [0.1, 0.15) is 5.75 Å². The lowest BCUT2D eigenvalue weighted by molar-refractivity contribution is 0.537. The van der Waals surface area contributed by atoms with Crippen LogP contribution < -0.4 is 20.1 Å². The number of para-hydroxylation sites is 1. The summed E-state index contributed by atoms with van der Waals surface area (Å²) in [4.78, 5) is 2.31. The minimum Gasteiger partial charge on any atom is -0.464 e. The average molecular weight is 275 g/mol. The minimum absolute atomic E-state index is 0.932. The Kier molecular flexibility index (Phi) is 2.81. The summed E-state index contributed by atoms with van der Waals surface area (Å²) < 4.78 is 5.82. The van der Waals surface area contributed by atoms with Crippen LogP contribution in [0.1, 0.15) is 13.3 Å². The number of nitrogens with zero attached hydrogens (tertiary/aromatic N) is 1. The first-order chi connectivity index (χ1) is 10.4. The molecule has 0 atom stereocenters. The van der Waals surface area contributed by atoms with Crippen molar-refractivity contribution in [2.75, 3.05) is 11.4 Å². The summed E-state index contributed by atoms with van der Waals surface area (Å²) >= 11 is 0. The molecule has 2 heterocycles. The van der Waals surface area contributed by atoms with E-state index < -0.39 is 0 Å². The molecule has 104 valence electrons. The van der Waals surface area contributed by atoms with Crippen molar-refractivity contribution in [2.24, 2.45) is 0 Å². The normalized spacial score (nSPS) is 14.2. The third-order valence-corrected chi connectivity index (χ3v) is 4.05. The second-order valence-corrected chi connectivity index (χ2v) is 5.39. The van der Waals surface area contributed by atoms with Crippen LogP contribution in [0.2, 0.25) is 0 Å². The molecule has 0 unspecified atom stereocenters. The molecule has 0 bridgehead atoms. The highest BCUT2D eigenvalue weighted by Gasteiger charge is 2.16. The largest absolute Gasteiger partial charge is 0.464 e. The zero-order chi connectivity index (χ0) is 14.2. The van der Waals surface area contributed by atoms with Gasteiger partial charge in [-0.15, -0.1) is 0 Å². The summed E-state index contributed by atoms with van der Waals surface area (Å²) in [5.74, 6) is 0.932. The molecule has 2 aromatic rings. The highest BCUT2D eigenvalue weighted by atomic mass is 16.5. The molecule has 0 amide bonds. The molecule has 0 aromatic heterocycles. The van der Waals surface area contributed by atoms with E-state index in [2.05, 4.69) is 54.4 Å². The average Bonchev–Trinajstić information content (AvgIpc) is 2.55. The van der Waals surface area contributed by atoms with E-state index >= 15 is 0 Å². The molecular weight excluding hydrogens is 258 g/mol. The van der Waals surface area contributed by atoms with Gasteiger partial charge in [0, 0.05) is 34.4 Å². The van der Waals surface area contributed by atoms with Gasteiger partial charge in [0.2, 0.25) is 0 Å². The first-order valence-corrected chi connectivity index (χ1v) is 7.43. The lowest BCUT2D eigenvalue weighted by Crippen LogP contribution is -2.36. The highest BCUT2D eigenvalue weighted by molar-refractivity contribution is 5.77. The molecule has 0 spiro atoms. The number of benzene rings is 2. The third-order valence-electron chi connectivity index (χ3n) is 4.05. The molecule has 21 heavy (non-hydrogen) atoms. The predicted octanol–water partition coefficient (Wildman–Crippen LogP) is 3.01. The monoisotopic (exact) mass is 275 g/mol. The van der Waals surface area contributed by atoms with Crippen LogP contribution in [-0.2, 0) is 0 Å². The zero-order valence-corrected chi connectivity index (χ0v) is 12.0. The Bertz CT molecular complexity index is 848. The Balaban J connectivity index is 1.97. The standard InChI is InChI=1S/C19H17NO/c1-2-11-20-12-5-7-15-17-13-21-19-8-4-3-6-16(19)14(17)9-10-18(15)20/h3-10,12-13H,2,11H2,1H3.